The van der Waals surface area contributed by atoms with E-state index in [1.54, 1.807) is 60.7 Å². The fourth-order valence-electron chi connectivity index (χ4n) is 3.40. The first-order valence-electron chi connectivity index (χ1n) is 11.4. The van der Waals surface area contributed by atoms with Crippen molar-refractivity contribution in [2.75, 3.05) is 17.2 Å². The van der Waals surface area contributed by atoms with E-state index in [1.807, 2.05) is 36.4 Å². The van der Waals surface area contributed by atoms with Gasteiger partial charge in [-0.15, -0.1) is 0 Å². The molecule has 0 radical (unpaired) electrons. The van der Waals surface area contributed by atoms with Crippen LogP contribution in [0.2, 0.25) is 0 Å². The van der Waals surface area contributed by atoms with Gasteiger partial charge in [0.05, 0.1) is 6.61 Å². The van der Waals surface area contributed by atoms with E-state index in [0.717, 1.165) is 6.42 Å². The highest BCUT2D eigenvalue weighted by Gasteiger charge is 2.09. The van der Waals surface area contributed by atoms with Crippen molar-refractivity contribution in [1.82, 2.24) is 5.32 Å². The SMILES string of the molecule is O=C(NC(=S)Nc1ccc(NC(=O)c2ccccc2)cc1)c1ccc(OCCc2ccccc2)cc1. The summed E-state index contributed by atoms with van der Waals surface area (Å²) in [7, 11) is 0. The zero-order valence-electron chi connectivity index (χ0n) is 19.4. The fourth-order valence-corrected chi connectivity index (χ4v) is 3.61. The van der Waals surface area contributed by atoms with Crippen LogP contribution in [0.5, 0.6) is 5.75 Å². The zero-order valence-corrected chi connectivity index (χ0v) is 20.3. The predicted molar refractivity (Wildman–Crippen MR) is 147 cm³/mol. The molecule has 0 spiro atoms. The Morgan fingerprint density at radius 1 is 0.639 bits per heavy atom. The van der Waals surface area contributed by atoms with Gasteiger partial charge in [-0.2, -0.15) is 0 Å². The third kappa shape index (κ3) is 7.25. The lowest BCUT2D eigenvalue weighted by molar-refractivity contribution is 0.0976. The van der Waals surface area contributed by atoms with Gasteiger partial charge in [0.25, 0.3) is 11.8 Å². The zero-order chi connectivity index (χ0) is 25.2. The topological polar surface area (TPSA) is 79.5 Å². The highest BCUT2D eigenvalue weighted by atomic mass is 32.1. The van der Waals surface area contributed by atoms with Crippen LogP contribution in [0.1, 0.15) is 26.3 Å². The van der Waals surface area contributed by atoms with Crippen molar-refractivity contribution in [3.63, 3.8) is 0 Å². The van der Waals surface area contributed by atoms with Gasteiger partial charge < -0.3 is 15.4 Å². The summed E-state index contributed by atoms with van der Waals surface area (Å²) < 4.78 is 5.77. The normalized spacial score (nSPS) is 10.2. The van der Waals surface area contributed by atoms with E-state index in [2.05, 4.69) is 28.1 Å². The van der Waals surface area contributed by atoms with E-state index in [4.69, 9.17) is 17.0 Å². The maximum Gasteiger partial charge on any atom is 0.257 e. The third-order valence-electron chi connectivity index (χ3n) is 5.28. The van der Waals surface area contributed by atoms with Crippen molar-refractivity contribution >= 4 is 40.5 Å². The van der Waals surface area contributed by atoms with E-state index in [-0.39, 0.29) is 16.9 Å². The lowest BCUT2D eigenvalue weighted by Crippen LogP contribution is -2.34. The molecule has 2 amide bonds. The molecule has 4 aromatic carbocycles. The summed E-state index contributed by atoms with van der Waals surface area (Å²) in [5.74, 6) is 0.185. The van der Waals surface area contributed by atoms with Crippen molar-refractivity contribution in [2.24, 2.45) is 0 Å². The van der Waals surface area contributed by atoms with Gasteiger partial charge in [0.15, 0.2) is 5.11 Å². The predicted octanol–water partition coefficient (Wildman–Crippen LogP) is 5.69. The molecular formula is C29H25N3O3S. The molecular weight excluding hydrogens is 470 g/mol. The van der Waals surface area contributed by atoms with Gasteiger partial charge in [-0.25, -0.2) is 0 Å². The number of carbonyl (C=O) groups is 2. The second kappa shape index (κ2) is 12.3. The summed E-state index contributed by atoms with van der Waals surface area (Å²) in [4.78, 5) is 24.8. The molecule has 0 saturated carbocycles. The van der Waals surface area contributed by atoms with Crippen molar-refractivity contribution in [1.29, 1.82) is 0 Å². The Morgan fingerprint density at radius 2 is 1.19 bits per heavy atom. The van der Waals surface area contributed by atoms with Crippen molar-refractivity contribution in [2.45, 2.75) is 6.42 Å². The monoisotopic (exact) mass is 495 g/mol. The Kier molecular flexibility index (Phi) is 8.40. The smallest absolute Gasteiger partial charge is 0.257 e. The molecule has 4 rings (SSSR count). The number of rotatable bonds is 8. The summed E-state index contributed by atoms with van der Waals surface area (Å²) in [6.07, 6.45) is 0.809. The quantitative estimate of drug-likeness (QED) is 0.274. The molecule has 4 aromatic rings. The van der Waals surface area contributed by atoms with E-state index in [0.29, 0.717) is 34.9 Å². The summed E-state index contributed by atoms with van der Waals surface area (Å²) in [6, 6.07) is 33.0. The number of anilines is 2. The molecule has 0 aliphatic heterocycles. The lowest BCUT2D eigenvalue weighted by atomic mass is 10.2. The minimum Gasteiger partial charge on any atom is -0.493 e. The molecule has 3 N–H and O–H groups in total. The summed E-state index contributed by atoms with van der Waals surface area (Å²) in [6.45, 7) is 0.554. The Bertz CT molecular complexity index is 1310. The Labute approximate surface area is 215 Å². The molecule has 0 aromatic heterocycles. The van der Waals surface area contributed by atoms with Gasteiger partial charge in [0.2, 0.25) is 0 Å². The molecule has 0 aliphatic carbocycles. The Balaban J connectivity index is 1.23. The number of ether oxygens (including phenoxy) is 1. The van der Waals surface area contributed by atoms with Crippen LogP contribution >= 0.6 is 12.2 Å². The molecule has 36 heavy (non-hydrogen) atoms. The molecule has 0 heterocycles. The van der Waals surface area contributed by atoms with Crippen LogP contribution in [0, 0.1) is 0 Å². The molecule has 0 atom stereocenters. The van der Waals surface area contributed by atoms with Crippen LogP contribution in [0.3, 0.4) is 0 Å². The Morgan fingerprint density at radius 3 is 1.83 bits per heavy atom. The number of nitrogens with one attached hydrogen (secondary N) is 3. The molecule has 0 unspecified atom stereocenters. The maximum atomic E-state index is 12.5. The van der Waals surface area contributed by atoms with Crippen LogP contribution in [-0.4, -0.2) is 23.5 Å². The van der Waals surface area contributed by atoms with Gasteiger partial charge in [0.1, 0.15) is 5.75 Å². The minimum atomic E-state index is -0.324. The molecule has 0 aliphatic rings. The first-order chi connectivity index (χ1) is 17.6. The van der Waals surface area contributed by atoms with Gasteiger partial charge in [-0.3, -0.25) is 14.9 Å². The lowest BCUT2D eigenvalue weighted by Gasteiger charge is -2.11. The number of hydrogen-bond donors (Lipinski definition) is 3. The second-order valence-electron chi connectivity index (χ2n) is 7.91. The largest absolute Gasteiger partial charge is 0.493 e. The van der Waals surface area contributed by atoms with Crippen LogP contribution in [-0.2, 0) is 6.42 Å². The standard InChI is InChI=1S/C29H25N3O3S/c33-27(22-9-5-2-6-10-22)30-24-13-15-25(16-14-24)31-29(36)32-28(34)23-11-17-26(18-12-23)35-20-19-21-7-3-1-4-8-21/h1-18H,19-20H2,(H,30,33)(H2,31,32,34,36). The van der Waals surface area contributed by atoms with Gasteiger partial charge in [-0.05, 0) is 78.4 Å². The highest BCUT2D eigenvalue weighted by molar-refractivity contribution is 7.80. The number of hydrogen-bond acceptors (Lipinski definition) is 4. The van der Waals surface area contributed by atoms with Gasteiger partial charge in [0, 0.05) is 28.9 Å². The first-order valence-corrected chi connectivity index (χ1v) is 11.8. The first kappa shape index (κ1) is 24.6. The molecule has 7 heteroatoms. The average Bonchev–Trinajstić information content (AvgIpc) is 2.91. The van der Waals surface area contributed by atoms with E-state index < -0.39 is 0 Å². The fraction of sp³-hybridized carbons (Fsp3) is 0.0690. The van der Waals surface area contributed by atoms with E-state index in [1.165, 1.54) is 5.56 Å². The van der Waals surface area contributed by atoms with Crippen LogP contribution in [0.4, 0.5) is 11.4 Å². The van der Waals surface area contributed by atoms with Crippen LogP contribution in [0.15, 0.2) is 109 Å². The van der Waals surface area contributed by atoms with E-state index in [9.17, 15) is 9.59 Å². The minimum absolute atomic E-state index is 0.171. The van der Waals surface area contributed by atoms with E-state index >= 15 is 0 Å². The number of carbonyl (C=O) groups excluding carboxylic acids is 2. The van der Waals surface area contributed by atoms with Gasteiger partial charge >= 0.3 is 0 Å². The van der Waals surface area contributed by atoms with Crippen molar-refractivity contribution in [3.8, 4) is 5.75 Å². The highest BCUT2D eigenvalue weighted by Crippen LogP contribution is 2.16. The number of amides is 2. The third-order valence-corrected chi connectivity index (χ3v) is 5.49. The maximum absolute atomic E-state index is 12.5. The molecule has 0 saturated heterocycles. The second-order valence-corrected chi connectivity index (χ2v) is 8.32. The number of thiocarbonyl (C=S) groups is 1. The van der Waals surface area contributed by atoms with Gasteiger partial charge in [-0.1, -0.05) is 48.5 Å². The summed E-state index contributed by atoms with van der Waals surface area (Å²) in [5, 5.41) is 8.65. The molecule has 0 bridgehead atoms. The van der Waals surface area contributed by atoms with Crippen LogP contribution in [0.25, 0.3) is 0 Å². The average molecular weight is 496 g/mol. The van der Waals surface area contributed by atoms with Crippen molar-refractivity contribution in [3.05, 3.63) is 126 Å². The van der Waals surface area contributed by atoms with Crippen LogP contribution < -0.4 is 20.7 Å². The van der Waals surface area contributed by atoms with Crippen molar-refractivity contribution < 1.29 is 14.3 Å². The molecule has 6 nitrogen and oxygen atoms in total. The Hall–Kier alpha value is -4.49. The molecule has 180 valence electrons. The summed E-state index contributed by atoms with van der Waals surface area (Å²) >= 11 is 5.27. The summed E-state index contributed by atoms with van der Waals surface area (Å²) in [5.41, 5.74) is 3.58. The number of benzene rings is 4. The molecule has 0 fully saturated rings.